The van der Waals surface area contributed by atoms with Gasteiger partial charge in [0.25, 0.3) is 0 Å². The van der Waals surface area contributed by atoms with E-state index in [1.807, 2.05) is 6.92 Å². The number of aromatic nitrogens is 4. The standard InChI is InChI=1S/C15H19N5O2/c1-7-19-10-13(16)17-6-18-14(10)20(7)11-8-2-9-12(11)22-5-15(9,3-8)4-21/h6,8-9,11-12,21H,2-5H2,1H3,(H2,16,17,18)/t8-,9-,11-,12-,15-/m1/s1. The van der Waals surface area contributed by atoms with Crippen LogP contribution in [0, 0.1) is 24.2 Å². The van der Waals surface area contributed by atoms with Crippen molar-refractivity contribution in [3.8, 4) is 0 Å². The third kappa shape index (κ3) is 1.32. The number of rotatable bonds is 2. The first-order chi connectivity index (χ1) is 10.6. The van der Waals surface area contributed by atoms with Gasteiger partial charge in [0, 0.05) is 5.41 Å². The predicted octanol–water partition coefficient (Wildman–Crippen LogP) is 0.675. The van der Waals surface area contributed by atoms with Crippen molar-refractivity contribution >= 4 is 17.0 Å². The summed E-state index contributed by atoms with van der Waals surface area (Å²) in [6.45, 7) is 2.89. The third-order valence-corrected chi connectivity index (χ3v) is 6.09. The van der Waals surface area contributed by atoms with Gasteiger partial charge in [-0.2, -0.15) is 0 Å². The molecular formula is C15H19N5O2. The fraction of sp³-hybridized carbons (Fsp3) is 0.667. The molecule has 0 radical (unpaired) electrons. The Hall–Kier alpha value is -1.73. The van der Waals surface area contributed by atoms with Crippen molar-refractivity contribution in [1.29, 1.82) is 0 Å². The lowest BCUT2D eigenvalue weighted by Crippen LogP contribution is -2.37. The molecule has 7 nitrogen and oxygen atoms in total. The molecule has 1 aliphatic heterocycles. The van der Waals surface area contributed by atoms with Crippen LogP contribution in [0.15, 0.2) is 6.33 Å². The highest BCUT2D eigenvalue weighted by Gasteiger charge is 2.65. The minimum atomic E-state index is -0.00979. The maximum absolute atomic E-state index is 9.81. The molecule has 3 N–H and O–H groups in total. The summed E-state index contributed by atoms with van der Waals surface area (Å²) in [6, 6.07) is 0.242. The molecular weight excluding hydrogens is 282 g/mol. The second-order valence-corrected chi connectivity index (χ2v) is 7.05. The number of nitrogen functional groups attached to an aromatic ring is 1. The molecule has 7 heteroatoms. The van der Waals surface area contributed by atoms with Crippen molar-refractivity contribution < 1.29 is 9.84 Å². The summed E-state index contributed by atoms with van der Waals surface area (Å²) in [7, 11) is 0. The lowest BCUT2D eigenvalue weighted by molar-refractivity contribution is 0.0649. The van der Waals surface area contributed by atoms with E-state index < -0.39 is 0 Å². The minimum Gasteiger partial charge on any atom is -0.396 e. The fourth-order valence-corrected chi connectivity index (χ4v) is 5.20. The molecule has 3 heterocycles. The summed E-state index contributed by atoms with van der Waals surface area (Å²) in [5, 5.41) is 9.81. The van der Waals surface area contributed by atoms with Crippen LogP contribution < -0.4 is 5.73 Å². The summed E-state index contributed by atoms with van der Waals surface area (Å²) < 4.78 is 8.30. The summed E-state index contributed by atoms with van der Waals surface area (Å²) >= 11 is 0. The van der Waals surface area contributed by atoms with E-state index in [9.17, 15) is 5.11 Å². The Bertz CT molecular complexity index is 775. The topological polar surface area (TPSA) is 99.1 Å². The quantitative estimate of drug-likeness (QED) is 0.846. The SMILES string of the molecule is Cc1nc2c(N)ncnc2n1[C@@H]1[C@@H]2C[C@@H]3[C@H]1OC[C@]3(CO)C2. The van der Waals surface area contributed by atoms with E-state index in [4.69, 9.17) is 10.5 Å². The van der Waals surface area contributed by atoms with Crippen LogP contribution in [0.25, 0.3) is 11.2 Å². The smallest absolute Gasteiger partial charge is 0.165 e. The third-order valence-electron chi connectivity index (χ3n) is 6.09. The van der Waals surface area contributed by atoms with Crippen LogP contribution in [0.4, 0.5) is 5.82 Å². The van der Waals surface area contributed by atoms with Crippen molar-refractivity contribution in [2.24, 2.45) is 17.3 Å². The van der Waals surface area contributed by atoms with Gasteiger partial charge in [0.15, 0.2) is 17.0 Å². The van der Waals surface area contributed by atoms with Crippen molar-refractivity contribution in [3.63, 3.8) is 0 Å². The molecule has 0 amide bonds. The van der Waals surface area contributed by atoms with Crippen LogP contribution in [0.1, 0.15) is 24.7 Å². The van der Waals surface area contributed by atoms with Gasteiger partial charge in [-0.1, -0.05) is 0 Å². The molecule has 2 aromatic heterocycles. The zero-order valence-electron chi connectivity index (χ0n) is 12.4. The van der Waals surface area contributed by atoms with E-state index in [2.05, 4.69) is 19.5 Å². The molecule has 2 bridgehead atoms. The Balaban J connectivity index is 1.66. The number of hydrogen-bond donors (Lipinski definition) is 2. The molecule has 2 aromatic rings. The second-order valence-electron chi connectivity index (χ2n) is 7.05. The van der Waals surface area contributed by atoms with E-state index in [-0.39, 0.29) is 24.2 Å². The summed E-state index contributed by atoms with van der Waals surface area (Å²) in [5.74, 6) is 2.29. The highest BCUT2D eigenvalue weighted by Crippen LogP contribution is 2.65. The Morgan fingerprint density at radius 2 is 2.36 bits per heavy atom. The average molecular weight is 301 g/mol. The number of nitrogens with two attached hydrogens (primary N) is 1. The van der Waals surface area contributed by atoms with E-state index >= 15 is 0 Å². The van der Waals surface area contributed by atoms with Gasteiger partial charge < -0.3 is 20.1 Å². The molecule has 5 rings (SSSR count). The lowest BCUT2D eigenvalue weighted by Gasteiger charge is -2.34. The number of anilines is 1. The molecule has 0 aromatic carbocycles. The average Bonchev–Trinajstić information content (AvgIpc) is 3.17. The number of aryl methyl sites for hydroxylation is 1. The Morgan fingerprint density at radius 3 is 3.18 bits per heavy atom. The van der Waals surface area contributed by atoms with Crippen LogP contribution in [0.3, 0.4) is 0 Å². The Labute approximate surface area is 127 Å². The van der Waals surface area contributed by atoms with Crippen molar-refractivity contribution in [2.45, 2.75) is 31.9 Å². The van der Waals surface area contributed by atoms with E-state index in [0.717, 1.165) is 24.3 Å². The number of ether oxygens (including phenoxy) is 1. The molecule has 0 unspecified atom stereocenters. The van der Waals surface area contributed by atoms with Gasteiger partial charge in [0.2, 0.25) is 0 Å². The number of imidazole rings is 1. The predicted molar refractivity (Wildman–Crippen MR) is 79.0 cm³/mol. The minimum absolute atomic E-state index is 0.00979. The zero-order valence-corrected chi connectivity index (χ0v) is 12.4. The Morgan fingerprint density at radius 1 is 1.50 bits per heavy atom. The van der Waals surface area contributed by atoms with Crippen molar-refractivity contribution in [2.75, 3.05) is 18.9 Å². The molecule has 22 heavy (non-hydrogen) atoms. The Kier molecular flexibility index (Phi) is 2.30. The zero-order chi connectivity index (χ0) is 15.1. The molecule has 2 saturated carbocycles. The summed E-state index contributed by atoms with van der Waals surface area (Å²) in [4.78, 5) is 13.0. The fourth-order valence-electron chi connectivity index (χ4n) is 5.20. The number of nitrogens with zero attached hydrogens (tertiary/aromatic N) is 4. The number of hydrogen-bond acceptors (Lipinski definition) is 6. The van der Waals surface area contributed by atoms with Crippen LogP contribution in [0.2, 0.25) is 0 Å². The maximum atomic E-state index is 9.81. The van der Waals surface area contributed by atoms with Crippen LogP contribution in [-0.2, 0) is 4.74 Å². The van der Waals surface area contributed by atoms with Gasteiger partial charge in [-0.25, -0.2) is 15.0 Å². The first-order valence-electron chi connectivity index (χ1n) is 7.82. The van der Waals surface area contributed by atoms with Gasteiger partial charge in [-0.05, 0) is 31.6 Å². The molecule has 2 aliphatic carbocycles. The number of aliphatic hydroxyl groups is 1. The summed E-state index contributed by atoms with van der Waals surface area (Å²) in [5.41, 5.74) is 7.40. The van der Waals surface area contributed by atoms with Crippen molar-refractivity contribution in [3.05, 3.63) is 12.2 Å². The molecule has 5 atom stereocenters. The van der Waals surface area contributed by atoms with Crippen LogP contribution in [0.5, 0.6) is 0 Å². The van der Waals surface area contributed by atoms with Crippen LogP contribution in [-0.4, -0.2) is 43.9 Å². The van der Waals surface area contributed by atoms with E-state index in [1.165, 1.54) is 6.33 Å². The van der Waals surface area contributed by atoms with Gasteiger partial charge in [0.1, 0.15) is 12.2 Å². The lowest BCUT2D eigenvalue weighted by atomic mass is 9.74. The number of aliphatic hydroxyl groups excluding tert-OH is 1. The van der Waals surface area contributed by atoms with Gasteiger partial charge in [0.05, 0.1) is 25.4 Å². The van der Waals surface area contributed by atoms with E-state index in [1.54, 1.807) is 0 Å². The van der Waals surface area contributed by atoms with Gasteiger partial charge in [-0.3, -0.25) is 0 Å². The van der Waals surface area contributed by atoms with Gasteiger partial charge in [-0.15, -0.1) is 0 Å². The van der Waals surface area contributed by atoms with Gasteiger partial charge >= 0.3 is 0 Å². The molecule has 3 aliphatic rings. The highest BCUT2D eigenvalue weighted by molar-refractivity contribution is 5.82. The monoisotopic (exact) mass is 301 g/mol. The van der Waals surface area contributed by atoms with Crippen molar-refractivity contribution in [1.82, 2.24) is 19.5 Å². The summed E-state index contributed by atoms with van der Waals surface area (Å²) in [6.07, 6.45) is 3.79. The normalized spacial score (nSPS) is 39.2. The highest BCUT2D eigenvalue weighted by atomic mass is 16.5. The molecule has 1 saturated heterocycles. The largest absolute Gasteiger partial charge is 0.396 e. The number of fused-ring (bicyclic) bond motifs is 2. The van der Waals surface area contributed by atoms with E-state index in [0.29, 0.717) is 29.8 Å². The molecule has 3 fully saturated rings. The van der Waals surface area contributed by atoms with Crippen LogP contribution >= 0.6 is 0 Å². The maximum Gasteiger partial charge on any atom is 0.165 e. The second kappa shape index (κ2) is 3.97. The molecule has 0 spiro atoms. The molecule has 116 valence electrons. The first-order valence-corrected chi connectivity index (χ1v) is 7.82. The first kappa shape index (κ1) is 12.8.